The predicted molar refractivity (Wildman–Crippen MR) is 94.9 cm³/mol. The van der Waals surface area contributed by atoms with Gasteiger partial charge in [0.05, 0.1) is 6.54 Å². The van der Waals surface area contributed by atoms with Crippen LogP contribution in [0.3, 0.4) is 0 Å². The van der Waals surface area contributed by atoms with Crippen LogP contribution in [-0.4, -0.2) is 33.8 Å². The van der Waals surface area contributed by atoms with E-state index in [1.54, 1.807) is 15.8 Å². The summed E-state index contributed by atoms with van der Waals surface area (Å²) in [5, 5.41) is 12.2. The summed E-state index contributed by atoms with van der Waals surface area (Å²) in [7, 11) is 0. The Morgan fingerprint density at radius 2 is 1.92 bits per heavy atom. The summed E-state index contributed by atoms with van der Waals surface area (Å²) in [5.41, 5.74) is 1.77. The van der Waals surface area contributed by atoms with Gasteiger partial charge in [0.25, 0.3) is 5.91 Å². The molecule has 1 N–H and O–H groups in total. The SMILES string of the molecule is O=C1c2c(O)c(=O)ccn2N2Cc3ccccc3/C=C\CCCN1C2. The molecule has 0 saturated carbocycles. The molecule has 4 rings (SSSR count). The number of allylic oxidation sites excluding steroid dienone is 1. The standard InChI is InChI=1S/C19H19N3O3/c23-16-9-11-22-17(18(16)24)19(25)20-10-5-1-2-6-14-7-3-4-8-15(14)12-21(22)13-20/h2-4,6-9,11,24H,1,5,10,12-13H2/b6-2-. The van der Waals surface area contributed by atoms with Gasteiger partial charge in [0.1, 0.15) is 6.67 Å². The highest BCUT2D eigenvalue weighted by molar-refractivity contribution is 5.96. The summed E-state index contributed by atoms with van der Waals surface area (Å²) in [4.78, 5) is 26.3. The van der Waals surface area contributed by atoms with E-state index in [4.69, 9.17) is 0 Å². The fraction of sp³-hybridized carbons (Fsp3) is 0.263. The summed E-state index contributed by atoms with van der Waals surface area (Å²) in [5.74, 6) is -0.786. The van der Waals surface area contributed by atoms with Crippen molar-refractivity contribution in [3.05, 3.63) is 69.6 Å². The monoisotopic (exact) mass is 337 g/mol. The van der Waals surface area contributed by atoms with Gasteiger partial charge < -0.3 is 10.0 Å². The van der Waals surface area contributed by atoms with Gasteiger partial charge in [0.2, 0.25) is 5.43 Å². The van der Waals surface area contributed by atoms with Gasteiger partial charge in [0.15, 0.2) is 11.4 Å². The van der Waals surface area contributed by atoms with Crippen molar-refractivity contribution in [1.29, 1.82) is 0 Å². The second-order valence-electron chi connectivity index (χ2n) is 6.34. The van der Waals surface area contributed by atoms with E-state index in [2.05, 4.69) is 24.3 Å². The molecule has 128 valence electrons. The Bertz CT molecular complexity index is 916. The maximum Gasteiger partial charge on any atom is 0.277 e. The minimum atomic E-state index is -0.534. The zero-order valence-corrected chi connectivity index (χ0v) is 13.8. The quantitative estimate of drug-likeness (QED) is 0.797. The number of nitrogens with zero attached hydrogens (tertiary/aromatic N) is 3. The first-order valence-electron chi connectivity index (χ1n) is 8.39. The Balaban J connectivity index is 1.86. The van der Waals surface area contributed by atoms with E-state index in [0.717, 1.165) is 24.0 Å². The third kappa shape index (κ3) is 2.69. The predicted octanol–water partition coefficient (Wildman–Crippen LogP) is 1.91. The molecule has 25 heavy (non-hydrogen) atoms. The van der Waals surface area contributed by atoms with E-state index < -0.39 is 11.2 Å². The van der Waals surface area contributed by atoms with Crippen LogP contribution in [0.25, 0.3) is 6.08 Å². The highest BCUT2D eigenvalue weighted by Crippen LogP contribution is 2.23. The lowest BCUT2D eigenvalue weighted by Crippen LogP contribution is -2.53. The zero-order chi connectivity index (χ0) is 17.4. The molecule has 2 bridgehead atoms. The molecule has 0 fully saturated rings. The molecule has 1 aromatic heterocycles. The first kappa shape index (κ1) is 15.5. The maximum absolute atomic E-state index is 12.8. The van der Waals surface area contributed by atoms with Crippen molar-refractivity contribution >= 4 is 12.0 Å². The Morgan fingerprint density at radius 1 is 1.08 bits per heavy atom. The van der Waals surface area contributed by atoms with E-state index in [1.807, 2.05) is 17.1 Å². The molecular weight excluding hydrogens is 318 g/mol. The van der Waals surface area contributed by atoms with Gasteiger partial charge in [-0.05, 0) is 24.0 Å². The first-order chi connectivity index (χ1) is 12.1. The number of hydrogen-bond acceptors (Lipinski definition) is 4. The molecule has 6 heteroatoms. The van der Waals surface area contributed by atoms with Crippen LogP contribution >= 0.6 is 0 Å². The number of aromatic nitrogens is 1. The van der Waals surface area contributed by atoms with Crippen LogP contribution in [0.2, 0.25) is 0 Å². The number of pyridine rings is 1. The second-order valence-corrected chi connectivity index (χ2v) is 6.34. The van der Waals surface area contributed by atoms with Crippen molar-refractivity contribution in [3.63, 3.8) is 0 Å². The van der Waals surface area contributed by atoms with Crippen LogP contribution < -0.4 is 10.4 Å². The lowest BCUT2D eigenvalue weighted by Gasteiger charge is -2.39. The molecular formula is C19H19N3O3. The van der Waals surface area contributed by atoms with Crippen LogP contribution in [0, 0.1) is 0 Å². The zero-order valence-electron chi connectivity index (χ0n) is 13.8. The van der Waals surface area contributed by atoms with E-state index in [-0.39, 0.29) is 11.6 Å². The van der Waals surface area contributed by atoms with Crippen LogP contribution in [0.4, 0.5) is 0 Å². The Kier molecular flexibility index (Phi) is 3.80. The van der Waals surface area contributed by atoms with Crippen molar-refractivity contribution in [2.24, 2.45) is 0 Å². The van der Waals surface area contributed by atoms with Gasteiger partial charge in [-0.25, -0.2) is 0 Å². The number of fused-ring (bicyclic) bond motifs is 5. The van der Waals surface area contributed by atoms with Crippen molar-refractivity contribution in [3.8, 4) is 5.75 Å². The van der Waals surface area contributed by atoms with Gasteiger partial charge in [-0.2, -0.15) is 0 Å². The highest BCUT2D eigenvalue weighted by Gasteiger charge is 2.32. The van der Waals surface area contributed by atoms with Crippen LogP contribution in [0.15, 0.2) is 47.4 Å². The second kappa shape index (κ2) is 6.12. The number of amides is 1. The lowest BCUT2D eigenvalue weighted by atomic mass is 10.1. The molecule has 0 radical (unpaired) electrons. The summed E-state index contributed by atoms with van der Waals surface area (Å²) in [6, 6.07) is 9.41. The number of carbonyl (C=O) groups excluding carboxylic acids is 1. The Hall–Kier alpha value is -3.02. The van der Waals surface area contributed by atoms with Crippen molar-refractivity contribution in [2.75, 3.05) is 18.2 Å². The number of aromatic hydroxyl groups is 1. The summed E-state index contributed by atoms with van der Waals surface area (Å²) >= 11 is 0. The number of benzene rings is 1. The van der Waals surface area contributed by atoms with E-state index in [1.165, 1.54) is 6.07 Å². The molecule has 2 aromatic rings. The van der Waals surface area contributed by atoms with E-state index in [0.29, 0.717) is 19.8 Å². The largest absolute Gasteiger partial charge is 0.502 e. The molecule has 0 saturated heterocycles. The third-order valence-corrected chi connectivity index (χ3v) is 4.69. The molecule has 0 atom stereocenters. The molecule has 1 aromatic carbocycles. The number of hydrogen-bond donors (Lipinski definition) is 1. The molecule has 0 aliphatic carbocycles. The fourth-order valence-electron chi connectivity index (χ4n) is 3.38. The third-order valence-electron chi connectivity index (χ3n) is 4.69. The molecule has 2 aliphatic heterocycles. The van der Waals surface area contributed by atoms with Crippen molar-refractivity contribution < 1.29 is 9.90 Å². The average molecular weight is 337 g/mol. The highest BCUT2D eigenvalue weighted by atomic mass is 16.3. The number of rotatable bonds is 0. The maximum atomic E-state index is 12.8. The minimum Gasteiger partial charge on any atom is -0.502 e. The van der Waals surface area contributed by atoms with Crippen molar-refractivity contribution in [1.82, 2.24) is 9.58 Å². The van der Waals surface area contributed by atoms with Gasteiger partial charge in [-0.3, -0.25) is 19.3 Å². The van der Waals surface area contributed by atoms with Gasteiger partial charge in [0, 0.05) is 18.8 Å². The van der Waals surface area contributed by atoms with Gasteiger partial charge in [-0.15, -0.1) is 0 Å². The normalized spacial score (nSPS) is 18.2. The number of carbonyl (C=O) groups is 1. The lowest BCUT2D eigenvalue weighted by molar-refractivity contribution is 0.0683. The van der Waals surface area contributed by atoms with E-state index in [9.17, 15) is 14.7 Å². The van der Waals surface area contributed by atoms with Crippen LogP contribution in [0.1, 0.15) is 34.5 Å². The molecule has 2 aliphatic rings. The fourth-order valence-corrected chi connectivity index (χ4v) is 3.38. The summed E-state index contributed by atoms with van der Waals surface area (Å²) in [6.07, 6.45) is 7.50. The first-order valence-corrected chi connectivity index (χ1v) is 8.39. The van der Waals surface area contributed by atoms with E-state index >= 15 is 0 Å². The van der Waals surface area contributed by atoms with Gasteiger partial charge in [-0.1, -0.05) is 36.4 Å². The summed E-state index contributed by atoms with van der Waals surface area (Å²) < 4.78 is 1.61. The molecule has 3 heterocycles. The average Bonchev–Trinajstić information content (AvgIpc) is 2.65. The topological polar surface area (TPSA) is 65.8 Å². The van der Waals surface area contributed by atoms with Gasteiger partial charge >= 0.3 is 0 Å². The van der Waals surface area contributed by atoms with Crippen molar-refractivity contribution in [2.45, 2.75) is 19.4 Å². The molecule has 6 nitrogen and oxygen atoms in total. The molecule has 0 spiro atoms. The smallest absolute Gasteiger partial charge is 0.277 e. The van der Waals surface area contributed by atoms with Crippen LogP contribution in [-0.2, 0) is 6.54 Å². The summed E-state index contributed by atoms with van der Waals surface area (Å²) in [6.45, 7) is 1.57. The van der Waals surface area contributed by atoms with Crippen LogP contribution in [0.5, 0.6) is 5.75 Å². The Morgan fingerprint density at radius 3 is 2.80 bits per heavy atom. The molecule has 1 amide bonds. The molecule has 0 unspecified atom stereocenters. The minimum absolute atomic E-state index is 0.0448. The Labute approximate surface area is 145 Å².